The molecule has 0 unspecified atom stereocenters. The number of carbonyl (C=O) groups excluding carboxylic acids is 2. The summed E-state index contributed by atoms with van der Waals surface area (Å²) in [7, 11) is 0. The maximum absolute atomic E-state index is 9.99. The third kappa shape index (κ3) is 19.9. The van der Waals surface area contributed by atoms with Gasteiger partial charge >= 0.3 is 39.7 Å². The van der Waals surface area contributed by atoms with Gasteiger partial charge in [-0.05, 0) is 6.54 Å². The molecule has 15 heteroatoms. The fraction of sp³-hybridized carbons (Fsp3) is 0.625. The SMILES string of the molecule is CC(=[OH+])/C(=C(/C)O)[N+](=O)[O-].CC(=[OH+])/C(=C(/C)O)[N+](=O)[O-].[Co+3].[NH-]CCN(CCCl)CCCl. The van der Waals surface area contributed by atoms with Crippen molar-refractivity contribution in [2.45, 2.75) is 27.7 Å². The molecule has 0 aliphatic rings. The third-order valence-electron chi connectivity index (χ3n) is 2.97. The molecule has 0 saturated heterocycles. The Bertz CT molecular complexity index is 559. The molecule has 0 bridgehead atoms. The van der Waals surface area contributed by atoms with Crippen molar-refractivity contribution < 1.29 is 46.4 Å². The largest absolute Gasteiger partial charge is 3.00 e. The third-order valence-corrected chi connectivity index (χ3v) is 3.30. The maximum Gasteiger partial charge on any atom is 3.00 e. The number of ketones is 2. The van der Waals surface area contributed by atoms with Gasteiger partial charge < -0.3 is 20.8 Å². The summed E-state index contributed by atoms with van der Waals surface area (Å²) >= 11 is 11.0. The number of nitrogens with one attached hydrogen (secondary N) is 1. The molecule has 0 aliphatic heterocycles. The summed E-state index contributed by atoms with van der Waals surface area (Å²) in [5.74, 6) is -0.738. The average Bonchev–Trinajstić information content (AvgIpc) is 2.54. The van der Waals surface area contributed by atoms with E-state index in [9.17, 15) is 20.2 Å². The number of hydrogen-bond donors (Lipinski definition) is 2. The van der Waals surface area contributed by atoms with Crippen LogP contribution in [0.15, 0.2) is 22.9 Å². The van der Waals surface area contributed by atoms with Crippen LogP contribution in [-0.2, 0) is 16.8 Å². The van der Waals surface area contributed by atoms with Gasteiger partial charge in [0.25, 0.3) is 0 Å². The molecule has 0 spiro atoms. The normalized spacial score (nSPS) is 11.4. The number of nitro groups is 2. The van der Waals surface area contributed by atoms with Crippen molar-refractivity contribution in [3.63, 3.8) is 0 Å². The number of alkyl halides is 2. The summed E-state index contributed by atoms with van der Waals surface area (Å²) < 4.78 is 0. The molecule has 0 saturated carbocycles. The summed E-state index contributed by atoms with van der Waals surface area (Å²) in [6.45, 7) is 7.43. The van der Waals surface area contributed by atoms with Gasteiger partial charge in [-0.15, -0.1) is 29.7 Å². The summed E-state index contributed by atoms with van der Waals surface area (Å²) in [5.41, 5.74) is 5.68. The topological polar surface area (TPSA) is 197 Å². The molecule has 0 heterocycles. The molecular formula is C16H29Cl2CoN4O8+4. The zero-order valence-corrected chi connectivity index (χ0v) is 20.1. The van der Waals surface area contributed by atoms with E-state index in [0.717, 1.165) is 47.3 Å². The number of aliphatic hydroxyl groups excluding tert-OH is 2. The van der Waals surface area contributed by atoms with Crippen molar-refractivity contribution in [1.82, 2.24) is 4.90 Å². The van der Waals surface area contributed by atoms with E-state index < -0.39 is 44.3 Å². The number of aliphatic hydroxyl groups is 2. The van der Waals surface area contributed by atoms with Crippen LogP contribution in [0.1, 0.15) is 27.7 Å². The Balaban J connectivity index is -0.000000174. The first-order valence-electron chi connectivity index (χ1n) is 8.41. The summed E-state index contributed by atoms with van der Waals surface area (Å²) in [4.78, 5) is 37.6. The first kappa shape index (κ1) is 36.6. The summed E-state index contributed by atoms with van der Waals surface area (Å²) in [6.07, 6.45) is 0. The minimum absolute atomic E-state index is 0. The molecule has 12 nitrogen and oxygen atoms in total. The monoisotopic (exact) mass is 534 g/mol. The van der Waals surface area contributed by atoms with Crippen molar-refractivity contribution in [2.24, 2.45) is 0 Å². The molecule has 0 amide bonds. The van der Waals surface area contributed by atoms with Gasteiger partial charge in [0, 0.05) is 38.7 Å². The van der Waals surface area contributed by atoms with E-state index in [1.807, 2.05) is 0 Å². The fourth-order valence-corrected chi connectivity index (χ4v) is 2.26. The van der Waals surface area contributed by atoms with E-state index in [-0.39, 0.29) is 16.8 Å². The molecule has 0 aromatic rings. The Morgan fingerprint density at radius 2 is 1.16 bits per heavy atom. The minimum Gasteiger partial charge on any atom is -0.676 e. The predicted molar refractivity (Wildman–Crippen MR) is 117 cm³/mol. The van der Waals surface area contributed by atoms with Crippen molar-refractivity contribution >= 4 is 34.8 Å². The van der Waals surface area contributed by atoms with Gasteiger partial charge in [0.15, 0.2) is 11.5 Å². The molecule has 0 aliphatic carbocycles. The first-order valence-corrected chi connectivity index (χ1v) is 9.48. The number of allylic oxidation sites excluding steroid dienone is 4. The molecule has 180 valence electrons. The summed E-state index contributed by atoms with van der Waals surface area (Å²) in [5, 5.41) is 37.2. The molecule has 0 fully saturated rings. The molecule has 0 aromatic carbocycles. The minimum atomic E-state index is -0.843. The second-order valence-electron chi connectivity index (χ2n) is 5.52. The molecule has 0 aromatic heterocycles. The van der Waals surface area contributed by atoms with Crippen molar-refractivity contribution in [2.75, 3.05) is 37.9 Å². The van der Waals surface area contributed by atoms with E-state index in [1.54, 1.807) is 0 Å². The van der Waals surface area contributed by atoms with E-state index >= 15 is 0 Å². The van der Waals surface area contributed by atoms with Crippen LogP contribution in [0.4, 0.5) is 0 Å². The van der Waals surface area contributed by atoms with Gasteiger partial charge in [-0.3, -0.25) is 29.8 Å². The van der Waals surface area contributed by atoms with Crippen LogP contribution in [0.5, 0.6) is 0 Å². The van der Waals surface area contributed by atoms with Crippen LogP contribution in [-0.4, -0.2) is 84.1 Å². The van der Waals surface area contributed by atoms with Crippen LogP contribution in [0, 0.1) is 20.2 Å². The second kappa shape index (κ2) is 21.5. The van der Waals surface area contributed by atoms with Crippen LogP contribution >= 0.6 is 23.2 Å². The number of rotatable bonds is 10. The zero-order chi connectivity index (χ0) is 24.4. The maximum atomic E-state index is 9.99. The van der Waals surface area contributed by atoms with Gasteiger partial charge in [-0.2, -0.15) is 0 Å². The van der Waals surface area contributed by atoms with Crippen LogP contribution in [0.2, 0.25) is 0 Å². The predicted octanol–water partition coefficient (Wildman–Crippen LogP) is 3.05. The molecule has 0 rings (SSSR count). The van der Waals surface area contributed by atoms with Gasteiger partial charge in [0.2, 0.25) is 0 Å². The molecule has 5 N–H and O–H groups in total. The standard InChI is InChI=1S/C6H13Cl2N2.2C5H7NO4.Co/c7-1-4-10(5-2-8)6-3-9;2*1-3(7)5(4(2)8)6(9)10;/h9H,1-6H2;2*7H,1-2H3;/q-1;;;+3/p+2/b;2*5-3+;. The quantitative estimate of drug-likeness (QED) is 0.107. The average molecular weight is 535 g/mol. The Hall–Kier alpha value is -1.77. The Morgan fingerprint density at radius 1 is 0.871 bits per heavy atom. The van der Waals surface area contributed by atoms with E-state index in [2.05, 4.69) is 4.90 Å². The Kier molecular flexibility index (Phi) is 25.3. The van der Waals surface area contributed by atoms with Gasteiger partial charge in [0.1, 0.15) is 0 Å². The molecular weight excluding hydrogens is 506 g/mol. The van der Waals surface area contributed by atoms with Crippen molar-refractivity contribution in [1.29, 1.82) is 0 Å². The zero-order valence-electron chi connectivity index (χ0n) is 17.6. The van der Waals surface area contributed by atoms with Crippen molar-refractivity contribution in [3.8, 4) is 0 Å². The smallest absolute Gasteiger partial charge is 0.676 e. The molecule has 0 radical (unpaired) electrons. The first-order chi connectivity index (χ1) is 13.8. The van der Waals surface area contributed by atoms with Crippen LogP contribution in [0.3, 0.4) is 0 Å². The van der Waals surface area contributed by atoms with Crippen LogP contribution < -0.4 is 0 Å². The summed E-state index contributed by atoms with van der Waals surface area (Å²) in [6, 6.07) is 0. The van der Waals surface area contributed by atoms with Gasteiger partial charge in [-0.1, -0.05) is 0 Å². The molecule has 0 atom stereocenters. The van der Waals surface area contributed by atoms with E-state index in [0.29, 0.717) is 18.3 Å². The van der Waals surface area contributed by atoms with Crippen molar-refractivity contribution in [3.05, 3.63) is 48.9 Å². The van der Waals surface area contributed by atoms with Crippen LogP contribution in [0.25, 0.3) is 5.73 Å². The number of halogens is 2. The fourth-order valence-electron chi connectivity index (χ4n) is 1.78. The number of nitrogens with zero attached hydrogens (tertiary/aromatic N) is 3. The van der Waals surface area contributed by atoms with Gasteiger partial charge in [-0.25, -0.2) is 0 Å². The Labute approximate surface area is 200 Å². The number of hydrogen-bond acceptors (Lipinski definition) is 7. The van der Waals surface area contributed by atoms with E-state index in [4.69, 9.17) is 48.7 Å². The van der Waals surface area contributed by atoms with Gasteiger partial charge in [0.05, 0.1) is 23.7 Å². The second-order valence-corrected chi connectivity index (χ2v) is 6.28. The van der Waals surface area contributed by atoms with E-state index in [1.165, 1.54) is 0 Å². The molecule has 31 heavy (non-hydrogen) atoms. The Morgan fingerprint density at radius 3 is 1.26 bits per heavy atom.